The number of hydrogen-bond donors (Lipinski definition) is 1. The number of alkyl halides is 1. The summed E-state index contributed by atoms with van der Waals surface area (Å²) in [6.07, 6.45) is 9.43. The lowest BCUT2D eigenvalue weighted by Crippen LogP contribution is -2.20. The molecule has 1 aliphatic carbocycles. The van der Waals surface area contributed by atoms with Crippen LogP contribution in [0, 0.1) is 11.8 Å². The summed E-state index contributed by atoms with van der Waals surface area (Å²) in [6.45, 7) is 0.845. The number of aromatic nitrogens is 4. The van der Waals surface area contributed by atoms with E-state index in [4.69, 9.17) is 11.6 Å². The molecule has 1 aliphatic rings. The third-order valence-electron chi connectivity index (χ3n) is 5.53. The Morgan fingerprint density at radius 3 is 2.45 bits per heavy atom. The minimum Gasteiger partial charge on any atom is -0.324 e. The first-order valence-corrected chi connectivity index (χ1v) is 12.2. The van der Waals surface area contributed by atoms with Crippen LogP contribution in [0.4, 0.5) is 11.6 Å². The van der Waals surface area contributed by atoms with Crippen LogP contribution in [0.15, 0.2) is 41.6 Å². The van der Waals surface area contributed by atoms with Gasteiger partial charge in [-0.2, -0.15) is 10.1 Å². The summed E-state index contributed by atoms with van der Waals surface area (Å²) in [4.78, 5) is 9.26. The average Bonchev–Trinajstić information content (AvgIpc) is 3.10. The van der Waals surface area contributed by atoms with Gasteiger partial charge in [0.05, 0.1) is 16.5 Å². The molecule has 1 fully saturated rings. The Hall–Kier alpha value is -2.19. The van der Waals surface area contributed by atoms with E-state index in [2.05, 4.69) is 20.4 Å². The number of anilines is 2. The van der Waals surface area contributed by atoms with Gasteiger partial charge >= 0.3 is 0 Å². The second-order valence-corrected chi connectivity index (χ2v) is 10.1. The molecule has 0 amide bonds. The van der Waals surface area contributed by atoms with Crippen molar-refractivity contribution in [3.05, 3.63) is 36.7 Å². The Morgan fingerprint density at radius 1 is 1.10 bits per heavy atom. The zero-order valence-corrected chi connectivity index (χ0v) is 17.8. The standard InChI is InChI=1S/C20H24ClN5O2S/c1-29(27,28)18-8-6-17(7-9-18)24-20-22-11-16-12-23-26(19(16)25-20)13-15-4-2-14(10-21)3-5-15/h6-9,11-12,14-15H,2-5,10,13H2,1H3,(H,22,24,25). The largest absolute Gasteiger partial charge is 0.324 e. The molecule has 4 rings (SSSR count). The maximum absolute atomic E-state index is 11.6. The van der Waals surface area contributed by atoms with Gasteiger partial charge in [-0.25, -0.2) is 18.1 Å². The van der Waals surface area contributed by atoms with E-state index in [1.54, 1.807) is 36.7 Å². The minimum atomic E-state index is -3.22. The minimum absolute atomic E-state index is 0.279. The fourth-order valence-electron chi connectivity index (χ4n) is 3.79. The van der Waals surface area contributed by atoms with E-state index < -0.39 is 9.84 Å². The van der Waals surface area contributed by atoms with Crippen LogP contribution in [0.25, 0.3) is 11.0 Å². The van der Waals surface area contributed by atoms with Gasteiger partial charge in [-0.15, -0.1) is 11.6 Å². The molecule has 0 aliphatic heterocycles. The zero-order valence-electron chi connectivity index (χ0n) is 16.3. The molecule has 3 aromatic rings. The molecule has 154 valence electrons. The molecule has 29 heavy (non-hydrogen) atoms. The fourth-order valence-corrected chi connectivity index (χ4v) is 4.73. The molecule has 0 spiro atoms. The third-order valence-corrected chi connectivity index (χ3v) is 7.10. The summed E-state index contributed by atoms with van der Waals surface area (Å²) in [6, 6.07) is 6.54. The molecule has 1 aromatic carbocycles. The van der Waals surface area contributed by atoms with Gasteiger partial charge in [0.15, 0.2) is 15.5 Å². The van der Waals surface area contributed by atoms with E-state index in [1.165, 1.54) is 31.9 Å². The molecular weight excluding hydrogens is 410 g/mol. The monoisotopic (exact) mass is 433 g/mol. The summed E-state index contributed by atoms with van der Waals surface area (Å²) in [5.74, 6) is 2.45. The molecule has 0 bridgehead atoms. The summed E-state index contributed by atoms with van der Waals surface area (Å²) in [5.41, 5.74) is 1.52. The highest BCUT2D eigenvalue weighted by molar-refractivity contribution is 7.90. The van der Waals surface area contributed by atoms with Crippen molar-refractivity contribution in [3.63, 3.8) is 0 Å². The van der Waals surface area contributed by atoms with Gasteiger partial charge in [0, 0.05) is 30.6 Å². The number of sulfone groups is 1. The smallest absolute Gasteiger partial charge is 0.229 e. The molecule has 0 atom stereocenters. The van der Waals surface area contributed by atoms with Crippen LogP contribution in [-0.4, -0.2) is 40.3 Å². The van der Waals surface area contributed by atoms with Crippen LogP contribution < -0.4 is 5.32 Å². The highest BCUT2D eigenvalue weighted by atomic mass is 35.5. The van der Waals surface area contributed by atoms with Gasteiger partial charge in [-0.1, -0.05) is 0 Å². The molecule has 7 nitrogen and oxygen atoms in total. The van der Waals surface area contributed by atoms with Crippen molar-refractivity contribution in [3.8, 4) is 0 Å². The van der Waals surface area contributed by atoms with E-state index >= 15 is 0 Å². The van der Waals surface area contributed by atoms with Gasteiger partial charge in [0.25, 0.3) is 0 Å². The molecule has 1 saturated carbocycles. The van der Waals surface area contributed by atoms with Crippen LogP contribution >= 0.6 is 11.6 Å². The van der Waals surface area contributed by atoms with E-state index in [-0.39, 0.29) is 4.90 Å². The van der Waals surface area contributed by atoms with E-state index in [9.17, 15) is 8.42 Å². The molecule has 1 N–H and O–H groups in total. The SMILES string of the molecule is CS(=O)(=O)c1ccc(Nc2ncc3cnn(CC4CCC(CCl)CC4)c3n2)cc1. The predicted octanol–water partition coefficient (Wildman–Crippen LogP) is 4.02. The Bertz CT molecular complexity index is 1090. The fraction of sp³-hybridized carbons (Fsp3) is 0.450. The number of halogens is 1. The molecule has 2 aromatic heterocycles. The summed E-state index contributed by atoms with van der Waals surface area (Å²) in [5, 5.41) is 8.55. The molecular formula is C20H24ClN5O2S. The Kier molecular flexibility index (Phi) is 5.74. The van der Waals surface area contributed by atoms with E-state index in [0.717, 1.165) is 29.1 Å². The highest BCUT2D eigenvalue weighted by Gasteiger charge is 2.22. The zero-order chi connectivity index (χ0) is 20.4. The van der Waals surface area contributed by atoms with Crippen molar-refractivity contribution < 1.29 is 8.42 Å². The van der Waals surface area contributed by atoms with Crippen LogP contribution in [0.2, 0.25) is 0 Å². The maximum atomic E-state index is 11.6. The van der Waals surface area contributed by atoms with E-state index in [1.807, 2.05) is 4.68 Å². The second-order valence-electron chi connectivity index (χ2n) is 7.76. The van der Waals surface area contributed by atoms with Gasteiger partial charge < -0.3 is 5.32 Å². The third kappa shape index (κ3) is 4.70. The summed E-state index contributed by atoms with van der Waals surface area (Å²) >= 11 is 5.99. The number of nitrogens with one attached hydrogen (secondary N) is 1. The van der Waals surface area contributed by atoms with Crippen LogP contribution in [-0.2, 0) is 16.4 Å². The lowest BCUT2D eigenvalue weighted by Gasteiger charge is -2.27. The summed E-state index contributed by atoms with van der Waals surface area (Å²) in [7, 11) is -3.22. The molecule has 9 heteroatoms. The predicted molar refractivity (Wildman–Crippen MR) is 114 cm³/mol. The van der Waals surface area contributed by atoms with Gasteiger partial charge in [0.2, 0.25) is 5.95 Å². The number of benzene rings is 1. The Labute approximate surface area is 175 Å². The van der Waals surface area contributed by atoms with Gasteiger partial charge in [0.1, 0.15) is 0 Å². The van der Waals surface area contributed by atoms with Crippen LogP contribution in [0.1, 0.15) is 25.7 Å². The first kappa shape index (κ1) is 20.1. The Morgan fingerprint density at radius 2 is 1.79 bits per heavy atom. The number of hydrogen-bond acceptors (Lipinski definition) is 6. The van der Waals surface area contributed by atoms with Gasteiger partial charge in [-0.3, -0.25) is 0 Å². The summed E-state index contributed by atoms with van der Waals surface area (Å²) < 4.78 is 25.1. The van der Waals surface area contributed by atoms with Crippen LogP contribution in [0.5, 0.6) is 0 Å². The second kappa shape index (κ2) is 8.28. The first-order chi connectivity index (χ1) is 13.9. The lowest BCUT2D eigenvalue weighted by atomic mass is 9.83. The van der Waals surface area contributed by atoms with Crippen molar-refractivity contribution in [2.75, 3.05) is 17.5 Å². The molecule has 0 radical (unpaired) electrons. The number of nitrogens with zero attached hydrogens (tertiary/aromatic N) is 4. The molecule has 0 saturated heterocycles. The van der Waals surface area contributed by atoms with Crippen LogP contribution in [0.3, 0.4) is 0 Å². The van der Waals surface area contributed by atoms with Gasteiger partial charge in [-0.05, 0) is 61.8 Å². The number of rotatable bonds is 6. The van der Waals surface area contributed by atoms with Crippen molar-refractivity contribution in [2.45, 2.75) is 37.1 Å². The lowest BCUT2D eigenvalue weighted by molar-refractivity contribution is 0.262. The van der Waals surface area contributed by atoms with Crippen molar-refractivity contribution >= 4 is 44.1 Å². The first-order valence-electron chi connectivity index (χ1n) is 9.74. The maximum Gasteiger partial charge on any atom is 0.229 e. The normalized spacial score (nSPS) is 20.1. The quantitative estimate of drug-likeness (QED) is 0.590. The van der Waals surface area contributed by atoms with Crippen molar-refractivity contribution in [1.29, 1.82) is 0 Å². The molecule has 0 unspecified atom stereocenters. The Balaban J connectivity index is 1.49. The number of fused-ring (bicyclic) bond motifs is 1. The van der Waals surface area contributed by atoms with Crippen molar-refractivity contribution in [2.24, 2.45) is 11.8 Å². The highest BCUT2D eigenvalue weighted by Crippen LogP contribution is 2.31. The topological polar surface area (TPSA) is 89.8 Å². The van der Waals surface area contributed by atoms with Crippen molar-refractivity contribution in [1.82, 2.24) is 19.7 Å². The molecule has 2 heterocycles. The van der Waals surface area contributed by atoms with E-state index in [0.29, 0.717) is 17.8 Å². The average molecular weight is 434 g/mol.